The number of alkyl halides is 1. The topological polar surface area (TPSA) is 136 Å². The molecule has 2 aliphatic heterocycles. The van der Waals surface area contributed by atoms with E-state index in [1.807, 2.05) is 55.5 Å². The molecule has 3 N–H and O–H groups in total. The predicted octanol–water partition coefficient (Wildman–Crippen LogP) is 11.9. The Balaban J connectivity index is 0.000000264. The summed E-state index contributed by atoms with van der Waals surface area (Å²) in [6, 6.07) is 24.0. The van der Waals surface area contributed by atoms with Gasteiger partial charge in [-0.05, 0) is 118 Å². The van der Waals surface area contributed by atoms with Crippen molar-refractivity contribution in [1.29, 1.82) is 0.594 Å². The van der Waals surface area contributed by atoms with E-state index in [1.54, 1.807) is 53.1 Å². The standard InChI is InChI=1S/C23H24BrCl2N3O3.C21H22BrCl2N3O2.CH4FI/c1-15(30)27-9-3-4-10-28-22(32)29(20-12-18(25)11-19(26)13-20)21(31)23(28,2)14-16-5-7-17(24)8-6-16;1-21(13-14-4-6-15(22)7-5-14)19(28)27(18-11-16(23)10-17(24)12-18)20(29)26(21)9-3-2-8-25;1-3-2/h5-8,11-13H,3-4,9-10,14H2,1-2H3,(H,27,30);4-7,10-12H,2-3,8-9,13,25H2,1H3;3H,1H3/t23-;21-;/m11./s1/i;;3T. The third kappa shape index (κ3) is 13.8. The molecule has 2 fully saturated rings. The molecule has 4 aromatic rings. The van der Waals surface area contributed by atoms with Gasteiger partial charge < -0.3 is 20.9 Å². The summed E-state index contributed by atoms with van der Waals surface area (Å²) in [4.78, 5) is 71.9. The van der Waals surface area contributed by atoms with Crippen molar-refractivity contribution in [3.8, 4) is 0 Å². The fraction of sp³-hybridized carbons (Fsp3) is 0.356. The van der Waals surface area contributed by atoms with E-state index in [0.29, 0.717) is 83.3 Å². The Kier molecular flexibility index (Phi) is 20.0. The number of imide groups is 2. The van der Waals surface area contributed by atoms with E-state index in [2.05, 4.69) is 37.2 Å². The van der Waals surface area contributed by atoms with Gasteiger partial charge >= 0.3 is 42.0 Å². The molecular formula is C45H50Br2Cl4FIN6O5. The van der Waals surface area contributed by atoms with Crippen molar-refractivity contribution in [2.24, 2.45) is 5.73 Å². The maximum atomic E-state index is 13.6. The van der Waals surface area contributed by atoms with Crippen molar-refractivity contribution < 1.29 is 26.8 Å². The molecule has 4 aromatic carbocycles. The van der Waals surface area contributed by atoms with Crippen molar-refractivity contribution >= 4 is 141 Å². The number of urea groups is 2. The number of nitrogens with one attached hydrogen (secondary N) is 1. The number of nitrogens with two attached hydrogens (primary N) is 1. The van der Waals surface area contributed by atoms with Crippen LogP contribution in [0.2, 0.25) is 20.1 Å². The fourth-order valence-corrected chi connectivity index (χ4v) is 9.00. The molecule has 2 saturated heterocycles. The first-order chi connectivity index (χ1) is 30.6. The number of hydrogen-bond acceptors (Lipinski definition) is 6. The van der Waals surface area contributed by atoms with Gasteiger partial charge in [-0.1, -0.05) is 103 Å². The van der Waals surface area contributed by atoms with Crippen LogP contribution in [0.5, 0.6) is 0 Å². The molecule has 0 radical (unpaired) electrons. The number of benzene rings is 4. The molecule has 0 spiro atoms. The number of carbonyl (C=O) groups excluding carboxylic acids is 5. The zero-order chi connectivity index (χ0) is 48.2. The van der Waals surface area contributed by atoms with Gasteiger partial charge in [0.25, 0.3) is 11.8 Å². The van der Waals surface area contributed by atoms with Gasteiger partial charge in [0.15, 0.2) is 0 Å². The second-order valence-corrected chi connectivity index (χ2v) is 19.8. The zero-order valence-corrected chi connectivity index (χ0v) is 43.9. The first kappa shape index (κ1) is 51.9. The van der Waals surface area contributed by atoms with Gasteiger partial charge in [0.05, 0.1) is 11.4 Å². The summed E-state index contributed by atoms with van der Waals surface area (Å²) >= 11 is 28.8. The number of unbranched alkanes of at least 4 members (excludes halogenated alkanes) is 2. The molecule has 2 aliphatic rings. The quantitative estimate of drug-likeness (QED) is 0.0526. The number of anilines is 2. The summed E-state index contributed by atoms with van der Waals surface area (Å²) in [6.07, 6.45) is 3.58. The molecule has 0 saturated carbocycles. The Morgan fingerprint density at radius 3 is 1.36 bits per heavy atom. The maximum absolute atomic E-state index is 13.6. The average Bonchev–Trinajstić information content (AvgIpc) is 3.51. The van der Waals surface area contributed by atoms with Crippen LogP contribution in [0.4, 0.5) is 23.8 Å². The average molecular weight is 1200 g/mol. The number of amides is 7. The van der Waals surface area contributed by atoms with Crippen molar-refractivity contribution in [3.05, 3.63) is 125 Å². The van der Waals surface area contributed by atoms with E-state index >= 15 is 0 Å². The SMILES string of the molecule is CC(=O)NCCCCN1C(=O)N(c2cc(Cl)cc(Cl)c2)C(=O)[C@@]1(C)Cc1ccc(Br)cc1.C[C@@]1(Cc2ccc(Br)cc2)C(=O)N(c2cc(Cl)cc(Cl)c2)C(=O)N1CCCCN.[3H]I(C)F. The van der Waals surface area contributed by atoms with Crippen molar-refractivity contribution in [1.82, 2.24) is 15.1 Å². The Bertz CT molecular complexity index is 2300. The third-order valence-electron chi connectivity index (χ3n) is 10.5. The van der Waals surface area contributed by atoms with Crippen LogP contribution in [-0.2, 0) is 27.2 Å². The Labute approximate surface area is 422 Å². The van der Waals surface area contributed by atoms with E-state index in [4.69, 9.17) is 52.7 Å². The van der Waals surface area contributed by atoms with Crippen LogP contribution in [0.3, 0.4) is 0 Å². The number of hydrogen-bond donors (Lipinski definition) is 2. The molecule has 64 heavy (non-hydrogen) atoms. The van der Waals surface area contributed by atoms with E-state index < -0.39 is 38.7 Å². The molecule has 2 atom stereocenters. The van der Waals surface area contributed by atoms with Crippen LogP contribution in [0, 0.1) is 0 Å². The van der Waals surface area contributed by atoms with Gasteiger partial charge in [0.2, 0.25) is 5.91 Å². The molecule has 346 valence electrons. The summed E-state index contributed by atoms with van der Waals surface area (Å²) in [7, 11) is 0. The summed E-state index contributed by atoms with van der Waals surface area (Å²) in [5.41, 5.74) is 6.15. The van der Waals surface area contributed by atoms with Crippen LogP contribution in [0.1, 0.15) is 57.6 Å². The van der Waals surface area contributed by atoms with Gasteiger partial charge in [-0.15, -0.1) is 0 Å². The number of nitrogens with zero attached hydrogens (tertiary/aromatic N) is 4. The Hall–Kier alpha value is -3.03. The van der Waals surface area contributed by atoms with E-state index in [9.17, 15) is 26.8 Å². The molecule has 2 heterocycles. The Morgan fingerprint density at radius 1 is 0.688 bits per heavy atom. The monoisotopic (exact) mass is 1200 g/mol. The second kappa shape index (κ2) is 24.7. The molecular weight excluding hydrogens is 1150 g/mol. The number of halogens is 8. The number of carbonyl (C=O) groups is 5. The van der Waals surface area contributed by atoms with Crippen molar-refractivity contribution in [2.45, 2.75) is 70.4 Å². The number of rotatable bonds is 15. The summed E-state index contributed by atoms with van der Waals surface area (Å²) in [5, 5.41) is 4.17. The molecule has 19 heteroatoms. The molecule has 0 bridgehead atoms. The van der Waals surface area contributed by atoms with E-state index in [1.165, 1.54) is 16.8 Å². The Morgan fingerprint density at radius 2 is 1.03 bits per heavy atom. The second-order valence-electron chi connectivity index (χ2n) is 15.4. The molecule has 11 nitrogen and oxygen atoms in total. The van der Waals surface area contributed by atoms with Crippen molar-refractivity contribution in [2.75, 3.05) is 40.9 Å². The molecule has 0 aliphatic carbocycles. The third-order valence-corrected chi connectivity index (χ3v) is 12.4. The van der Waals surface area contributed by atoms with E-state index in [-0.39, 0.29) is 23.8 Å². The summed E-state index contributed by atoms with van der Waals surface area (Å²) in [6.45, 7) is 6.93. The van der Waals surface area contributed by atoms with Crippen LogP contribution < -0.4 is 20.9 Å². The minimum atomic E-state index is -2.51. The molecule has 7 amide bonds. The van der Waals surface area contributed by atoms with Crippen molar-refractivity contribution in [3.63, 3.8) is 0 Å². The summed E-state index contributed by atoms with van der Waals surface area (Å²) < 4.78 is 18.8. The fourth-order valence-electron chi connectivity index (χ4n) is 7.44. The van der Waals surface area contributed by atoms with Gasteiger partial charge in [-0.2, -0.15) is 0 Å². The van der Waals surface area contributed by atoms with Gasteiger partial charge in [0.1, 0.15) is 11.1 Å². The van der Waals surface area contributed by atoms with Gasteiger partial charge in [-0.25, -0.2) is 19.4 Å². The van der Waals surface area contributed by atoms with Gasteiger partial charge in [0, 0.05) is 68.4 Å². The zero-order valence-electron chi connectivity index (χ0n) is 36.6. The predicted molar refractivity (Wildman–Crippen MR) is 273 cm³/mol. The van der Waals surface area contributed by atoms with E-state index in [0.717, 1.165) is 37.8 Å². The molecule has 0 unspecified atom stereocenters. The van der Waals surface area contributed by atoms with Crippen LogP contribution >= 0.6 is 99.8 Å². The normalized spacial score (nSPS) is 18.7. The van der Waals surface area contributed by atoms with Crippen LogP contribution in [-0.4, -0.2) is 82.4 Å². The minimum absolute atomic E-state index is 0.0958. The first-order valence-electron chi connectivity index (χ1n) is 20.5. The van der Waals surface area contributed by atoms with Crippen LogP contribution in [0.15, 0.2) is 93.9 Å². The first-order valence-corrected chi connectivity index (χ1v) is 26.1. The van der Waals surface area contributed by atoms with Gasteiger partial charge in [-0.3, -0.25) is 14.4 Å². The molecule has 0 aromatic heterocycles. The summed E-state index contributed by atoms with van der Waals surface area (Å²) in [5.74, 6) is -0.719. The molecule has 6 rings (SSSR count). The van der Waals surface area contributed by atoms with Crippen LogP contribution in [0.25, 0.3) is 0 Å².